The highest BCUT2D eigenvalue weighted by molar-refractivity contribution is 5.98. The highest BCUT2D eigenvalue weighted by atomic mass is 16.5. The number of nitrogens with zero attached hydrogens (tertiary/aromatic N) is 1. The summed E-state index contributed by atoms with van der Waals surface area (Å²) in [5, 5.41) is 2.63. The summed E-state index contributed by atoms with van der Waals surface area (Å²) in [5.74, 6) is -0.0742. The quantitative estimate of drug-likeness (QED) is 0.721. The first-order valence-electron chi connectivity index (χ1n) is 9.10. The molecule has 0 saturated carbocycles. The van der Waals surface area contributed by atoms with E-state index < -0.39 is 18.5 Å². The first-order chi connectivity index (χ1) is 14.0. The van der Waals surface area contributed by atoms with E-state index >= 15 is 0 Å². The Hall–Kier alpha value is -3.55. The van der Waals surface area contributed by atoms with Gasteiger partial charge in [-0.15, -0.1) is 0 Å². The van der Waals surface area contributed by atoms with E-state index in [2.05, 4.69) is 5.32 Å². The third kappa shape index (κ3) is 5.04. The largest absolute Gasteiger partial charge is 0.497 e. The van der Waals surface area contributed by atoms with Gasteiger partial charge in [-0.2, -0.15) is 0 Å². The molecular formula is C21H22N2O6. The lowest BCUT2D eigenvalue weighted by atomic mass is 10.2. The smallest absolute Gasteiger partial charge is 0.338 e. The van der Waals surface area contributed by atoms with Crippen LogP contribution in [0.2, 0.25) is 0 Å². The maximum atomic E-state index is 12.3. The summed E-state index contributed by atoms with van der Waals surface area (Å²) < 4.78 is 15.4. The van der Waals surface area contributed by atoms with Crippen molar-refractivity contribution in [1.82, 2.24) is 0 Å². The van der Waals surface area contributed by atoms with Crippen LogP contribution in [0.3, 0.4) is 0 Å². The van der Waals surface area contributed by atoms with Crippen LogP contribution >= 0.6 is 0 Å². The predicted molar refractivity (Wildman–Crippen MR) is 106 cm³/mol. The molecule has 2 aromatic rings. The molecule has 0 atom stereocenters. The van der Waals surface area contributed by atoms with Gasteiger partial charge in [-0.1, -0.05) is 6.07 Å². The van der Waals surface area contributed by atoms with E-state index in [1.165, 1.54) is 14.2 Å². The van der Waals surface area contributed by atoms with Crippen LogP contribution in [-0.4, -0.2) is 45.2 Å². The van der Waals surface area contributed by atoms with E-state index in [4.69, 9.17) is 14.2 Å². The molecule has 0 radical (unpaired) electrons. The number of nitrogens with one attached hydrogen (secondary N) is 1. The molecule has 8 nitrogen and oxygen atoms in total. The molecule has 0 aliphatic carbocycles. The fourth-order valence-electron chi connectivity index (χ4n) is 3.01. The average molecular weight is 398 g/mol. The van der Waals surface area contributed by atoms with E-state index in [0.717, 1.165) is 6.42 Å². The molecule has 1 aliphatic heterocycles. The van der Waals surface area contributed by atoms with Gasteiger partial charge in [0, 0.05) is 42.5 Å². The predicted octanol–water partition coefficient (Wildman–Crippen LogP) is 2.63. The molecule has 0 spiro atoms. The lowest BCUT2D eigenvalue weighted by Gasteiger charge is -2.16. The van der Waals surface area contributed by atoms with Gasteiger partial charge in [-0.25, -0.2) is 4.79 Å². The van der Waals surface area contributed by atoms with Gasteiger partial charge in [0.25, 0.3) is 5.91 Å². The molecule has 3 rings (SSSR count). The molecule has 1 fully saturated rings. The van der Waals surface area contributed by atoms with Crippen molar-refractivity contribution in [2.45, 2.75) is 12.8 Å². The lowest BCUT2D eigenvalue weighted by molar-refractivity contribution is -0.119. The number of carbonyl (C=O) groups is 3. The summed E-state index contributed by atoms with van der Waals surface area (Å²) in [5.41, 5.74) is 1.38. The first kappa shape index (κ1) is 20.2. The van der Waals surface area contributed by atoms with Crippen molar-refractivity contribution in [3.8, 4) is 11.5 Å². The van der Waals surface area contributed by atoms with Crippen LogP contribution in [0.25, 0.3) is 0 Å². The van der Waals surface area contributed by atoms with E-state index in [1.807, 2.05) is 0 Å². The molecular weight excluding hydrogens is 376 g/mol. The molecule has 29 heavy (non-hydrogen) atoms. The summed E-state index contributed by atoms with van der Waals surface area (Å²) in [6.45, 7) is 0.176. The molecule has 1 heterocycles. The van der Waals surface area contributed by atoms with Gasteiger partial charge < -0.3 is 24.4 Å². The standard InChI is InChI=1S/C21H22N2O6/c1-27-17-10-15(11-18(12-17)28-2)22-19(24)13-29-21(26)14-5-3-6-16(9-14)23-8-4-7-20(23)25/h3,5-6,9-12H,4,7-8,13H2,1-2H3,(H,22,24). The number of methoxy groups -OCH3 is 2. The summed E-state index contributed by atoms with van der Waals surface area (Å²) in [6.07, 6.45) is 1.30. The van der Waals surface area contributed by atoms with E-state index in [1.54, 1.807) is 47.4 Å². The van der Waals surface area contributed by atoms with Gasteiger partial charge in [-0.3, -0.25) is 9.59 Å². The van der Waals surface area contributed by atoms with Gasteiger partial charge in [0.1, 0.15) is 11.5 Å². The number of rotatable bonds is 7. The number of benzene rings is 2. The molecule has 0 unspecified atom stereocenters. The van der Waals surface area contributed by atoms with Gasteiger partial charge >= 0.3 is 5.97 Å². The van der Waals surface area contributed by atoms with Crippen LogP contribution in [0.1, 0.15) is 23.2 Å². The Morgan fingerprint density at radius 2 is 1.79 bits per heavy atom. The van der Waals surface area contributed by atoms with Crippen molar-refractivity contribution in [3.63, 3.8) is 0 Å². The van der Waals surface area contributed by atoms with Crippen LogP contribution < -0.4 is 19.7 Å². The zero-order valence-corrected chi connectivity index (χ0v) is 16.3. The molecule has 2 amide bonds. The third-order valence-corrected chi connectivity index (χ3v) is 4.44. The molecule has 0 aromatic heterocycles. The Morgan fingerprint density at radius 3 is 2.41 bits per heavy atom. The minimum Gasteiger partial charge on any atom is -0.497 e. The van der Waals surface area contributed by atoms with Crippen molar-refractivity contribution in [3.05, 3.63) is 48.0 Å². The van der Waals surface area contributed by atoms with E-state index in [0.29, 0.717) is 35.8 Å². The number of anilines is 2. The van der Waals surface area contributed by atoms with E-state index in [-0.39, 0.29) is 11.5 Å². The number of ether oxygens (including phenoxy) is 3. The third-order valence-electron chi connectivity index (χ3n) is 4.44. The Bertz CT molecular complexity index is 905. The number of hydrogen-bond acceptors (Lipinski definition) is 6. The summed E-state index contributed by atoms with van der Waals surface area (Å²) in [7, 11) is 3.01. The molecule has 152 valence electrons. The number of hydrogen-bond donors (Lipinski definition) is 1. The Labute approximate surface area is 168 Å². The molecule has 2 aromatic carbocycles. The minimum absolute atomic E-state index is 0.0311. The van der Waals surface area contributed by atoms with Gasteiger partial charge in [-0.05, 0) is 24.6 Å². The molecule has 8 heteroatoms. The van der Waals surface area contributed by atoms with Crippen LogP contribution in [0.15, 0.2) is 42.5 Å². The normalized spacial score (nSPS) is 13.2. The minimum atomic E-state index is -0.642. The van der Waals surface area contributed by atoms with Crippen LogP contribution in [-0.2, 0) is 14.3 Å². The van der Waals surface area contributed by atoms with Crippen LogP contribution in [0.4, 0.5) is 11.4 Å². The molecule has 1 aliphatic rings. The van der Waals surface area contributed by atoms with Gasteiger partial charge in [0.05, 0.1) is 19.8 Å². The summed E-state index contributed by atoms with van der Waals surface area (Å²) in [6, 6.07) is 11.5. The highest BCUT2D eigenvalue weighted by Gasteiger charge is 2.22. The van der Waals surface area contributed by atoms with Gasteiger partial charge in [0.15, 0.2) is 6.61 Å². The SMILES string of the molecule is COc1cc(NC(=O)COC(=O)c2cccc(N3CCCC3=O)c2)cc(OC)c1. The Balaban J connectivity index is 1.59. The van der Waals surface area contributed by atoms with Gasteiger partial charge in [0.2, 0.25) is 5.91 Å². The lowest BCUT2D eigenvalue weighted by Crippen LogP contribution is -2.24. The Morgan fingerprint density at radius 1 is 1.07 bits per heavy atom. The second-order valence-corrected chi connectivity index (χ2v) is 6.42. The van der Waals surface area contributed by atoms with E-state index in [9.17, 15) is 14.4 Å². The first-order valence-corrected chi connectivity index (χ1v) is 9.10. The molecule has 0 bridgehead atoms. The zero-order valence-electron chi connectivity index (χ0n) is 16.3. The fraction of sp³-hybridized carbons (Fsp3) is 0.286. The second-order valence-electron chi connectivity index (χ2n) is 6.42. The van der Waals surface area contributed by atoms with Crippen LogP contribution in [0.5, 0.6) is 11.5 Å². The van der Waals surface area contributed by atoms with Crippen molar-refractivity contribution in [2.24, 2.45) is 0 Å². The average Bonchev–Trinajstić information content (AvgIpc) is 3.17. The fourth-order valence-corrected chi connectivity index (χ4v) is 3.01. The molecule has 1 saturated heterocycles. The monoisotopic (exact) mass is 398 g/mol. The topological polar surface area (TPSA) is 94.2 Å². The molecule has 1 N–H and O–H groups in total. The number of amides is 2. The maximum Gasteiger partial charge on any atom is 0.338 e. The van der Waals surface area contributed by atoms with Crippen LogP contribution in [0, 0.1) is 0 Å². The Kier molecular flexibility index (Phi) is 6.33. The van der Waals surface area contributed by atoms with Crippen molar-refractivity contribution >= 4 is 29.2 Å². The maximum absolute atomic E-state index is 12.3. The van der Waals surface area contributed by atoms with Crippen molar-refractivity contribution in [1.29, 1.82) is 0 Å². The van der Waals surface area contributed by atoms with Crippen molar-refractivity contribution < 1.29 is 28.6 Å². The second kappa shape index (κ2) is 9.09. The zero-order chi connectivity index (χ0) is 20.8. The number of carbonyl (C=O) groups excluding carboxylic acids is 3. The highest BCUT2D eigenvalue weighted by Crippen LogP contribution is 2.26. The number of esters is 1. The summed E-state index contributed by atoms with van der Waals surface area (Å²) >= 11 is 0. The van der Waals surface area contributed by atoms with Crippen molar-refractivity contribution in [2.75, 3.05) is 37.6 Å². The summed E-state index contributed by atoms with van der Waals surface area (Å²) in [4.78, 5) is 38.0.